The van der Waals surface area contributed by atoms with Crippen molar-refractivity contribution in [1.82, 2.24) is 5.32 Å². The fraction of sp³-hybridized carbons (Fsp3) is 0.500. The molecule has 5 heavy (non-hydrogen) atoms. The second kappa shape index (κ2) is 2.60. The average Bonchev–Trinajstić information content (AvgIpc) is 1.38. The molecule has 3 heteroatoms. The molecule has 0 radical (unpaired) electrons. The third-order valence-corrected chi connectivity index (χ3v) is 0.797. The molecule has 0 aliphatic carbocycles. The highest BCUT2D eigenvalue weighted by Crippen LogP contribution is 1.77. The topological polar surface area (TPSA) is 12.0 Å². The molecule has 0 aromatic rings. The van der Waals surface area contributed by atoms with E-state index in [0.717, 1.165) is 0 Å². The van der Waals surface area contributed by atoms with Gasteiger partial charge in [0.15, 0.2) is 0 Å². The third kappa shape index (κ3) is 4.37. The van der Waals surface area contributed by atoms with Crippen molar-refractivity contribution in [3.8, 4) is 0 Å². The van der Waals surface area contributed by atoms with Gasteiger partial charge in [0, 0.05) is 7.05 Å². The lowest BCUT2D eigenvalue weighted by molar-refractivity contribution is 1.23. The standard InChI is InChI=1S/C2H4BrNS/c1-4-2(3)5/h1H3,(H,4,5). The largest absolute Gasteiger partial charge is 0.374 e. The molecule has 0 rings (SSSR count). The van der Waals surface area contributed by atoms with E-state index in [1.807, 2.05) is 0 Å². The van der Waals surface area contributed by atoms with E-state index in [-0.39, 0.29) is 0 Å². The Morgan fingerprint density at radius 1 is 2.00 bits per heavy atom. The Hall–Kier alpha value is 0.370. The van der Waals surface area contributed by atoms with Crippen LogP contribution >= 0.6 is 28.1 Å². The van der Waals surface area contributed by atoms with E-state index >= 15 is 0 Å². The summed E-state index contributed by atoms with van der Waals surface area (Å²) < 4.78 is 0.650. The van der Waals surface area contributed by atoms with Gasteiger partial charge >= 0.3 is 0 Å². The maximum Gasteiger partial charge on any atom is 0.142 e. The van der Waals surface area contributed by atoms with E-state index in [9.17, 15) is 0 Å². The first-order valence-electron chi connectivity index (χ1n) is 1.14. The molecule has 0 aliphatic rings. The van der Waals surface area contributed by atoms with E-state index in [2.05, 4.69) is 33.5 Å². The summed E-state index contributed by atoms with van der Waals surface area (Å²) in [5, 5.41) is 2.68. The highest BCUT2D eigenvalue weighted by Gasteiger charge is 1.69. The van der Waals surface area contributed by atoms with Gasteiger partial charge in [-0.25, -0.2) is 0 Å². The zero-order valence-electron chi connectivity index (χ0n) is 2.79. The highest BCUT2D eigenvalue weighted by atomic mass is 79.9. The van der Waals surface area contributed by atoms with Gasteiger partial charge in [-0.3, -0.25) is 0 Å². The van der Waals surface area contributed by atoms with Crippen LogP contribution in [0, 0.1) is 0 Å². The average molecular weight is 154 g/mol. The van der Waals surface area contributed by atoms with Crippen LogP contribution in [0.5, 0.6) is 0 Å². The third-order valence-electron chi connectivity index (χ3n) is 0.197. The first-order chi connectivity index (χ1) is 2.27. The maximum atomic E-state index is 4.50. The molecule has 0 atom stereocenters. The summed E-state index contributed by atoms with van der Waals surface area (Å²) >= 11 is 7.50. The number of hydrogen-bond acceptors (Lipinski definition) is 1. The fourth-order valence-electron chi connectivity index (χ4n) is 0. The number of thiocarbonyl (C=S) groups is 1. The summed E-state index contributed by atoms with van der Waals surface area (Å²) in [6.07, 6.45) is 0. The summed E-state index contributed by atoms with van der Waals surface area (Å²) in [5.74, 6) is 0. The lowest BCUT2D eigenvalue weighted by Crippen LogP contribution is -2.05. The second-order valence-corrected chi connectivity index (χ2v) is 2.25. The predicted molar refractivity (Wildman–Crippen MR) is 30.6 cm³/mol. The van der Waals surface area contributed by atoms with Crippen LogP contribution < -0.4 is 5.32 Å². The maximum absolute atomic E-state index is 4.50. The summed E-state index contributed by atoms with van der Waals surface area (Å²) in [6.45, 7) is 0. The molecule has 0 aliphatic heterocycles. The number of hydrogen-bond donors (Lipinski definition) is 1. The molecule has 1 nitrogen and oxygen atoms in total. The van der Waals surface area contributed by atoms with Gasteiger partial charge in [0.05, 0.1) is 0 Å². The number of rotatable bonds is 0. The quantitative estimate of drug-likeness (QED) is 0.316. The molecular formula is C2H4BrNS. The van der Waals surface area contributed by atoms with E-state index in [1.165, 1.54) is 0 Å². The molecule has 30 valence electrons. The molecular weight excluding hydrogens is 150 g/mol. The molecule has 0 aromatic carbocycles. The Bertz CT molecular complexity index is 44.9. The van der Waals surface area contributed by atoms with Gasteiger partial charge in [0.1, 0.15) is 3.90 Å². The van der Waals surface area contributed by atoms with Gasteiger partial charge in [-0.15, -0.1) is 0 Å². The first kappa shape index (κ1) is 5.37. The van der Waals surface area contributed by atoms with Crippen molar-refractivity contribution in [2.45, 2.75) is 0 Å². The van der Waals surface area contributed by atoms with Crippen LogP contribution in [-0.2, 0) is 0 Å². The molecule has 0 spiro atoms. The van der Waals surface area contributed by atoms with Crippen LogP contribution in [0.15, 0.2) is 0 Å². The van der Waals surface area contributed by atoms with Gasteiger partial charge in [-0.2, -0.15) is 0 Å². The van der Waals surface area contributed by atoms with Crippen LogP contribution in [0.4, 0.5) is 0 Å². The predicted octanol–water partition coefficient (Wildman–Crippen LogP) is 0.886. The van der Waals surface area contributed by atoms with Crippen LogP contribution in [0.25, 0.3) is 0 Å². The van der Waals surface area contributed by atoms with E-state index in [1.54, 1.807) is 7.05 Å². The summed E-state index contributed by atoms with van der Waals surface area (Å²) in [7, 11) is 1.76. The smallest absolute Gasteiger partial charge is 0.142 e. The van der Waals surface area contributed by atoms with Crippen molar-refractivity contribution in [3.05, 3.63) is 0 Å². The van der Waals surface area contributed by atoms with Gasteiger partial charge in [-0.1, -0.05) is 12.2 Å². The molecule has 0 unspecified atom stereocenters. The highest BCUT2D eigenvalue weighted by molar-refractivity contribution is 9.20. The van der Waals surface area contributed by atoms with Crippen LogP contribution in [-0.4, -0.2) is 10.9 Å². The molecule has 1 N–H and O–H groups in total. The first-order valence-corrected chi connectivity index (χ1v) is 2.34. The summed E-state index contributed by atoms with van der Waals surface area (Å²) in [4.78, 5) is 0. The second-order valence-electron chi connectivity index (χ2n) is 0.524. The van der Waals surface area contributed by atoms with Gasteiger partial charge in [0.2, 0.25) is 0 Å². The van der Waals surface area contributed by atoms with Crippen molar-refractivity contribution >= 4 is 32.0 Å². The van der Waals surface area contributed by atoms with E-state index in [4.69, 9.17) is 0 Å². The van der Waals surface area contributed by atoms with Gasteiger partial charge < -0.3 is 5.32 Å². The molecule has 0 bridgehead atoms. The SMILES string of the molecule is CNC(=S)Br. The van der Waals surface area contributed by atoms with Crippen LogP contribution in [0.3, 0.4) is 0 Å². The van der Waals surface area contributed by atoms with Crippen molar-refractivity contribution in [3.63, 3.8) is 0 Å². The molecule has 0 amide bonds. The van der Waals surface area contributed by atoms with Gasteiger partial charge in [0.25, 0.3) is 0 Å². The van der Waals surface area contributed by atoms with E-state index in [0.29, 0.717) is 3.90 Å². The van der Waals surface area contributed by atoms with Gasteiger partial charge in [-0.05, 0) is 15.9 Å². The summed E-state index contributed by atoms with van der Waals surface area (Å²) in [6, 6.07) is 0. The van der Waals surface area contributed by atoms with Crippen molar-refractivity contribution in [2.75, 3.05) is 7.05 Å². The minimum Gasteiger partial charge on any atom is -0.374 e. The summed E-state index contributed by atoms with van der Waals surface area (Å²) in [5.41, 5.74) is 0. The van der Waals surface area contributed by atoms with Crippen LogP contribution in [0.1, 0.15) is 0 Å². The molecule has 0 saturated carbocycles. The Morgan fingerprint density at radius 2 is 2.20 bits per heavy atom. The lowest BCUT2D eigenvalue weighted by atomic mass is 11.3. The Labute approximate surface area is 44.9 Å². The zero-order valence-corrected chi connectivity index (χ0v) is 5.19. The van der Waals surface area contributed by atoms with Crippen molar-refractivity contribution in [2.24, 2.45) is 0 Å². The lowest BCUT2D eigenvalue weighted by Gasteiger charge is -1.82. The molecule has 0 saturated heterocycles. The molecule has 0 fully saturated rings. The van der Waals surface area contributed by atoms with Crippen molar-refractivity contribution in [1.29, 1.82) is 0 Å². The zero-order chi connectivity index (χ0) is 4.28. The minimum atomic E-state index is 0.650. The van der Waals surface area contributed by atoms with Crippen LogP contribution in [0.2, 0.25) is 0 Å². The fourth-order valence-corrected chi connectivity index (χ4v) is 0. The Morgan fingerprint density at radius 3 is 2.20 bits per heavy atom. The monoisotopic (exact) mass is 153 g/mol. The number of halogens is 1. The minimum absolute atomic E-state index is 0.650. The van der Waals surface area contributed by atoms with Crippen molar-refractivity contribution < 1.29 is 0 Å². The normalized spacial score (nSPS) is 6.80. The molecule has 0 heterocycles. The number of nitrogens with one attached hydrogen (secondary N) is 1. The molecule has 0 aromatic heterocycles. The van der Waals surface area contributed by atoms with E-state index < -0.39 is 0 Å². The Kier molecular flexibility index (Phi) is 2.79. The Balaban J connectivity index is 2.85.